The van der Waals surface area contributed by atoms with E-state index in [0.29, 0.717) is 9.86 Å². The van der Waals surface area contributed by atoms with Crippen LogP contribution in [0.25, 0.3) is 10.9 Å². The smallest absolute Gasteiger partial charge is 0.334 e. The van der Waals surface area contributed by atoms with Crippen LogP contribution < -0.4 is 0 Å². The minimum atomic E-state index is -4.08. The molecule has 0 unspecified atom stereocenters. The van der Waals surface area contributed by atoms with E-state index in [1.54, 1.807) is 24.3 Å². The van der Waals surface area contributed by atoms with Gasteiger partial charge in [-0.15, -0.1) is 0 Å². The van der Waals surface area contributed by atoms with E-state index in [4.69, 9.17) is 9.47 Å². The minimum absolute atomic E-state index is 0.0224. The largest absolute Gasteiger partial charge is 0.468 e. The van der Waals surface area contributed by atoms with Crippen LogP contribution in [0.1, 0.15) is 27.2 Å². The van der Waals surface area contributed by atoms with Crippen molar-refractivity contribution in [3.05, 3.63) is 69.3 Å². The van der Waals surface area contributed by atoms with Crippen LogP contribution in [0.5, 0.6) is 0 Å². The molecule has 160 valence electrons. The predicted octanol–water partition coefficient (Wildman–Crippen LogP) is 2.39. The van der Waals surface area contributed by atoms with Gasteiger partial charge in [-0.2, -0.15) is 0 Å². The molecule has 3 aromatic rings. The van der Waals surface area contributed by atoms with Crippen LogP contribution in [0.15, 0.2) is 46.9 Å². The summed E-state index contributed by atoms with van der Waals surface area (Å²) in [7, 11) is -1.93. The zero-order valence-corrected chi connectivity index (χ0v) is 19.0. The molecule has 8 nitrogen and oxygen atoms in total. The number of halogens is 1. The Balaban J connectivity index is 2.38. The summed E-state index contributed by atoms with van der Waals surface area (Å²) in [5.41, 5.74) is -2.51. The number of aromatic nitrogens is 1. The molecule has 1 heterocycles. The molecule has 0 saturated carbocycles. The van der Waals surface area contributed by atoms with Gasteiger partial charge < -0.3 is 9.47 Å². The van der Waals surface area contributed by atoms with Gasteiger partial charge in [-0.1, -0.05) is 34.1 Å². The second-order valence-electron chi connectivity index (χ2n) is 7.02. The molecule has 10 heteroatoms. The van der Waals surface area contributed by atoms with Crippen molar-refractivity contribution >= 4 is 54.6 Å². The molecule has 31 heavy (non-hydrogen) atoms. The van der Waals surface area contributed by atoms with Crippen LogP contribution in [-0.2, 0) is 34.5 Å². The van der Waals surface area contributed by atoms with Crippen molar-refractivity contribution in [3.63, 3.8) is 0 Å². The third-order valence-electron chi connectivity index (χ3n) is 5.36. The lowest BCUT2D eigenvalue weighted by Gasteiger charge is -2.34. The summed E-state index contributed by atoms with van der Waals surface area (Å²) in [6.45, 7) is 0. The monoisotopic (exact) mass is 505 g/mol. The van der Waals surface area contributed by atoms with Gasteiger partial charge in [0.1, 0.15) is 0 Å². The first-order valence-corrected chi connectivity index (χ1v) is 11.6. The first-order chi connectivity index (χ1) is 14.6. The van der Waals surface area contributed by atoms with E-state index >= 15 is 0 Å². The lowest BCUT2D eigenvalue weighted by atomic mass is 9.68. The summed E-state index contributed by atoms with van der Waals surface area (Å²) in [5.74, 6) is -2.65. The second-order valence-corrected chi connectivity index (χ2v) is 9.77. The van der Waals surface area contributed by atoms with Crippen molar-refractivity contribution in [1.82, 2.24) is 3.97 Å². The maximum Gasteiger partial charge on any atom is 0.334 e. The van der Waals surface area contributed by atoms with Gasteiger partial charge in [0.2, 0.25) is 15.4 Å². The first-order valence-electron chi connectivity index (χ1n) is 8.96. The molecule has 0 amide bonds. The van der Waals surface area contributed by atoms with Gasteiger partial charge in [0.25, 0.3) is 0 Å². The molecule has 1 aromatic heterocycles. The summed E-state index contributed by atoms with van der Waals surface area (Å²) in [6, 6.07) is 10.8. The number of ketones is 1. The van der Waals surface area contributed by atoms with Crippen molar-refractivity contribution < 1.29 is 32.3 Å². The van der Waals surface area contributed by atoms with Crippen LogP contribution in [0, 0.1) is 0 Å². The summed E-state index contributed by atoms with van der Waals surface area (Å²) >= 11 is 3.30. The molecule has 1 aliphatic carbocycles. The molecule has 1 aliphatic rings. The highest BCUT2D eigenvalue weighted by Gasteiger charge is 2.61. The molecule has 0 spiro atoms. The zero-order valence-electron chi connectivity index (χ0n) is 16.6. The van der Waals surface area contributed by atoms with Crippen molar-refractivity contribution in [2.24, 2.45) is 0 Å². The number of nitrogens with zero attached hydrogens (tertiary/aromatic N) is 1. The summed E-state index contributed by atoms with van der Waals surface area (Å²) in [5, 5.41) is 0.290. The van der Waals surface area contributed by atoms with Crippen LogP contribution in [0.3, 0.4) is 0 Å². The average Bonchev–Trinajstić information content (AvgIpc) is 3.09. The molecule has 0 fully saturated rings. The molecule has 0 atom stereocenters. The van der Waals surface area contributed by atoms with Crippen LogP contribution >= 0.6 is 15.9 Å². The fourth-order valence-corrected chi connectivity index (χ4v) is 5.65. The number of ether oxygens (including phenoxy) is 2. The number of carbonyl (C=O) groups is 3. The highest BCUT2D eigenvalue weighted by atomic mass is 79.9. The molecular weight excluding hydrogens is 490 g/mol. The maximum absolute atomic E-state index is 13.6. The number of esters is 2. The Morgan fingerprint density at radius 3 is 2.23 bits per heavy atom. The third kappa shape index (κ3) is 2.71. The maximum atomic E-state index is 13.6. The number of benzene rings is 2. The fraction of sp³-hybridized carbons (Fsp3) is 0.190. The molecule has 2 aromatic carbocycles. The summed E-state index contributed by atoms with van der Waals surface area (Å²) in [6.07, 6.45) is 0.930. The number of carbonyl (C=O) groups excluding carboxylic acids is 3. The van der Waals surface area contributed by atoms with Crippen molar-refractivity contribution in [1.29, 1.82) is 0 Å². The van der Waals surface area contributed by atoms with Gasteiger partial charge >= 0.3 is 11.9 Å². The van der Waals surface area contributed by atoms with Gasteiger partial charge in [-0.3, -0.25) is 14.4 Å². The molecule has 4 rings (SSSR count). The molecule has 0 N–H and O–H groups in total. The Hall–Kier alpha value is -2.98. The van der Waals surface area contributed by atoms with Gasteiger partial charge in [0.15, 0.2) is 5.78 Å². The van der Waals surface area contributed by atoms with Crippen LogP contribution in [0.4, 0.5) is 0 Å². The Morgan fingerprint density at radius 1 is 1.03 bits per heavy atom. The van der Waals surface area contributed by atoms with E-state index in [-0.39, 0.29) is 27.9 Å². The molecule has 0 radical (unpaired) electrons. The van der Waals surface area contributed by atoms with Crippen LogP contribution in [0.2, 0.25) is 0 Å². The highest BCUT2D eigenvalue weighted by molar-refractivity contribution is 9.10. The molecular formula is C21H16BrNO7S. The van der Waals surface area contributed by atoms with E-state index in [1.165, 1.54) is 18.2 Å². The Labute approximate surface area is 185 Å². The topological polar surface area (TPSA) is 109 Å². The summed E-state index contributed by atoms with van der Waals surface area (Å²) < 4.78 is 37.1. The van der Waals surface area contributed by atoms with E-state index in [0.717, 1.165) is 24.4 Å². The van der Waals surface area contributed by atoms with Gasteiger partial charge in [-0.05, 0) is 29.8 Å². The average molecular weight is 506 g/mol. The minimum Gasteiger partial charge on any atom is -0.468 e. The van der Waals surface area contributed by atoms with Gasteiger partial charge in [0.05, 0.1) is 37.2 Å². The number of hydrogen-bond donors (Lipinski definition) is 0. The Morgan fingerprint density at radius 2 is 1.65 bits per heavy atom. The Bertz CT molecular complexity index is 1390. The predicted molar refractivity (Wildman–Crippen MR) is 115 cm³/mol. The van der Waals surface area contributed by atoms with E-state index < -0.39 is 33.2 Å². The number of fused-ring (bicyclic) bond motifs is 4. The van der Waals surface area contributed by atoms with Gasteiger partial charge in [0, 0.05) is 15.4 Å². The Kier molecular flexibility index (Phi) is 4.82. The SMILES string of the molecule is COC(=O)C1(C(=O)OC)c2cc(Br)ccc2C(=O)c2c1n(S(C)(=O)=O)c1ccccc21. The molecule has 0 aliphatic heterocycles. The number of methoxy groups -OCH3 is 2. The summed E-state index contributed by atoms with van der Waals surface area (Å²) in [4.78, 5) is 40.2. The van der Waals surface area contributed by atoms with Gasteiger partial charge in [-0.25, -0.2) is 12.4 Å². The second kappa shape index (κ2) is 7.03. The quantitative estimate of drug-likeness (QED) is 0.397. The van der Waals surface area contributed by atoms with Crippen molar-refractivity contribution in [2.75, 3.05) is 20.5 Å². The normalized spacial score (nSPS) is 14.6. The van der Waals surface area contributed by atoms with E-state index in [1.807, 2.05) is 0 Å². The molecule has 0 saturated heterocycles. The number of para-hydroxylation sites is 1. The lowest BCUT2D eigenvalue weighted by molar-refractivity contribution is -0.159. The fourth-order valence-electron chi connectivity index (χ4n) is 4.22. The first kappa shape index (κ1) is 21.3. The van der Waals surface area contributed by atoms with E-state index in [2.05, 4.69) is 15.9 Å². The molecule has 0 bridgehead atoms. The van der Waals surface area contributed by atoms with Crippen LogP contribution in [-0.4, -0.2) is 50.6 Å². The number of rotatable bonds is 3. The van der Waals surface area contributed by atoms with Crippen molar-refractivity contribution in [3.8, 4) is 0 Å². The standard InChI is InChI=1S/C21H16BrNO7S/c1-29-19(25)21(20(26)30-2)14-10-11(22)8-9-12(14)17(24)16-13-6-4-5-7-15(13)23(18(16)21)31(3,27)28/h4-10H,1-3H3. The van der Waals surface area contributed by atoms with E-state index in [9.17, 15) is 22.8 Å². The lowest BCUT2D eigenvalue weighted by Crippen LogP contribution is -2.52. The number of hydrogen-bond acceptors (Lipinski definition) is 7. The third-order valence-corrected chi connectivity index (χ3v) is 6.90. The zero-order chi connectivity index (χ0) is 22.7. The van der Waals surface area contributed by atoms with Crippen molar-refractivity contribution in [2.45, 2.75) is 5.41 Å². The highest BCUT2D eigenvalue weighted by Crippen LogP contribution is 2.48.